The van der Waals surface area contributed by atoms with Crippen LogP contribution in [0, 0.1) is 12.5 Å². The molecule has 0 bridgehead atoms. The van der Waals surface area contributed by atoms with Gasteiger partial charge in [-0.3, -0.25) is 29.1 Å². The zero-order valence-electron chi connectivity index (χ0n) is 21.1. The van der Waals surface area contributed by atoms with Crippen LogP contribution in [0.15, 0.2) is 60.8 Å². The van der Waals surface area contributed by atoms with E-state index in [-0.39, 0.29) is 36.6 Å². The van der Waals surface area contributed by atoms with Crippen LogP contribution in [0.1, 0.15) is 42.6 Å². The molecule has 1 N–H and O–H groups in total. The summed E-state index contributed by atoms with van der Waals surface area (Å²) < 4.78 is 0. The van der Waals surface area contributed by atoms with E-state index in [1.165, 1.54) is 9.80 Å². The topological polar surface area (TPSA) is 87.0 Å². The first-order valence-electron chi connectivity index (χ1n) is 12.5. The molecule has 3 heterocycles. The normalized spacial score (nSPS) is 21.1. The number of hydrogen-bond donors (Lipinski definition) is 1. The van der Waals surface area contributed by atoms with E-state index >= 15 is 0 Å². The number of carbonyl (C=O) groups excluding carboxylic acids is 3. The molecule has 8 heteroatoms. The van der Waals surface area contributed by atoms with Gasteiger partial charge in [-0.15, -0.1) is 0 Å². The SMILES string of the molecule is [C-]#[N+][C@@H]1C[C@@]2(CN1C(=O)[C@H](CC(C)C)N(C)C(=O)c1cccc3ncccc13)C(=O)Nc1ccccc12. The molecule has 0 aliphatic carbocycles. The average Bonchev–Trinajstić information content (AvgIpc) is 3.43. The van der Waals surface area contributed by atoms with E-state index in [1.807, 2.05) is 50.2 Å². The highest BCUT2D eigenvalue weighted by atomic mass is 16.2. The molecule has 3 aromatic rings. The van der Waals surface area contributed by atoms with Gasteiger partial charge in [-0.1, -0.05) is 44.2 Å². The lowest BCUT2D eigenvalue weighted by atomic mass is 9.80. The zero-order valence-corrected chi connectivity index (χ0v) is 21.1. The number of rotatable bonds is 5. The molecule has 2 aliphatic rings. The van der Waals surface area contributed by atoms with E-state index in [0.29, 0.717) is 17.5 Å². The fourth-order valence-electron chi connectivity index (χ4n) is 5.64. The van der Waals surface area contributed by atoms with E-state index in [4.69, 9.17) is 6.57 Å². The number of hydrogen-bond acceptors (Lipinski definition) is 4. The number of para-hydroxylation sites is 1. The highest BCUT2D eigenvalue weighted by molar-refractivity contribution is 6.08. The van der Waals surface area contributed by atoms with Crippen molar-refractivity contribution in [2.24, 2.45) is 5.92 Å². The van der Waals surface area contributed by atoms with Crippen LogP contribution in [0.5, 0.6) is 0 Å². The molecule has 0 saturated carbocycles. The largest absolute Gasteiger partial charge is 0.330 e. The second-order valence-electron chi connectivity index (χ2n) is 10.3. The Labute approximate surface area is 216 Å². The molecule has 1 saturated heterocycles. The first-order chi connectivity index (χ1) is 17.8. The number of anilines is 1. The third kappa shape index (κ3) is 4.01. The quantitative estimate of drug-likeness (QED) is 0.540. The Morgan fingerprint density at radius 2 is 1.97 bits per heavy atom. The molecular weight excluding hydrogens is 466 g/mol. The van der Waals surface area contributed by atoms with Crippen molar-refractivity contribution < 1.29 is 14.4 Å². The van der Waals surface area contributed by atoms with Crippen LogP contribution in [0.3, 0.4) is 0 Å². The molecule has 0 unspecified atom stereocenters. The second kappa shape index (κ2) is 9.32. The Morgan fingerprint density at radius 3 is 2.73 bits per heavy atom. The summed E-state index contributed by atoms with van der Waals surface area (Å²) in [6.45, 7) is 11.9. The maximum absolute atomic E-state index is 14.1. The van der Waals surface area contributed by atoms with Gasteiger partial charge >= 0.3 is 6.17 Å². The number of pyridine rings is 1. The van der Waals surface area contributed by atoms with Gasteiger partial charge in [-0.25, -0.2) is 6.57 Å². The predicted octanol–water partition coefficient (Wildman–Crippen LogP) is 4.09. The third-order valence-electron chi connectivity index (χ3n) is 7.53. The predicted molar refractivity (Wildman–Crippen MR) is 141 cm³/mol. The van der Waals surface area contributed by atoms with Crippen molar-refractivity contribution >= 4 is 34.3 Å². The van der Waals surface area contributed by atoms with Gasteiger partial charge in [0.1, 0.15) is 11.5 Å². The molecule has 2 aromatic carbocycles. The number of likely N-dealkylation sites (tertiary alicyclic amines) is 1. The van der Waals surface area contributed by atoms with Crippen LogP contribution >= 0.6 is 0 Å². The van der Waals surface area contributed by atoms with Crippen LogP contribution in [0.4, 0.5) is 5.69 Å². The molecular formula is C29H29N5O3. The van der Waals surface area contributed by atoms with E-state index in [0.717, 1.165) is 16.6 Å². The molecule has 2 aliphatic heterocycles. The summed E-state index contributed by atoms with van der Waals surface area (Å²) in [6, 6.07) is 15.7. The van der Waals surface area contributed by atoms with Crippen LogP contribution in [-0.2, 0) is 15.0 Å². The van der Waals surface area contributed by atoms with E-state index in [9.17, 15) is 14.4 Å². The van der Waals surface area contributed by atoms with Crippen molar-refractivity contribution in [1.82, 2.24) is 14.8 Å². The number of fused-ring (bicyclic) bond motifs is 3. The Bertz CT molecular complexity index is 1440. The number of likely N-dealkylation sites (N-methyl/N-ethyl adjacent to an activating group) is 1. The molecule has 188 valence electrons. The van der Waals surface area contributed by atoms with Gasteiger partial charge in [-0.05, 0) is 42.2 Å². The van der Waals surface area contributed by atoms with Crippen molar-refractivity contribution in [3.05, 3.63) is 83.3 Å². The van der Waals surface area contributed by atoms with Crippen molar-refractivity contribution in [2.75, 3.05) is 18.9 Å². The number of nitrogens with one attached hydrogen (secondary N) is 1. The molecule has 3 atom stereocenters. The van der Waals surface area contributed by atoms with E-state index < -0.39 is 17.6 Å². The molecule has 1 aromatic heterocycles. The molecule has 37 heavy (non-hydrogen) atoms. The molecule has 5 rings (SSSR count). The zero-order chi connectivity index (χ0) is 26.3. The van der Waals surface area contributed by atoms with Gasteiger partial charge in [0.25, 0.3) is 11.8 Å². The van der Waals surface area contributed by atoms with E-state index in [1.54, 1.807) is 31.4 Å². The van der Waals surface area contributed by atoms with Crippen LogP contribution in [0.2, 0.25) is 0 Å². The molecule has 8 nitrogen and oxygen atoms in total. The van der Waals surface area contributed by atoms with Crippen LogP contribution < -0.4 is 5.32 Å². The summed E-state index contributed by atoms with van der Waals surface area (Å²) in [5.41, 5.74) is 1.75. The summed E-state index contributed by atoms with van der Waals surface area (Å²) >= 11 is 0. The number of nitrogens with zero attached hydrogens (tertiary/aromatic N) is 4. The van der Waals surface area contributed by atoms with Crippen molar-refractivity contribution in [3.63, 3.8) is 0 Å². The minimum Gasteiger partial charge on any atom is -0.330 e. The third-order valence-corrected chi connectivity index (χ3v) is 7.53. The van der Waals surface area contributed by atoms with Crippen molar-refractivity contribution in [1.29, 1.82) is 0 Å². The fraction of sp³-hybridized carbons (Fsp3) is 0.345. The lowest BCUT2D eigenvalue weighted by molar-refractivity contribution is -0.136. The van der Waals surface area contributed by atoms with Gasteiger partial charge in [-0.2, -0.15) is 0 Å². The van der Waals surface area contributed by atoms with Gasteiger partial charge in [0.05, 0.1) is 11.9 Å². The first-order valence-corrected chi connectivity index (χ1v) is 12.5. The Morgan fingerprint density at radius 1 is 1.19 bits per heavy atom. The van der Waals surface area contributed by atoms with Gasteiger partial charge in [0.2, 0.25) is 5.91 Å². The Balaban J connectivity index is 1.48. The summed E-state index contributed by atoms with van der Waals surface area (Å²) in [7, 11) is 1.64. The van der Waals surface area contributed by atoms with E-state index in [2.05, 4.69) is 15.1 Å². The second-order valence-corrected chi connectivity index (χ2v) is 10.3. The highest BCUT2D eigenvalue weighted by Gasteiger charge is 2.59. The number of carbonyl (C=O) groups is 3. The smallest absolute Gasteiger partial charge is 0.302 e. The van der Waals surface area contributed by atoms with Gasteiger partial charge in [0.15, 0.2) is 0 Å². The molecule has 1 spiro atoms. The van der Waals surface area contributed by atoms with Gasteiger partial charge < -0.3 is 10.2 Å². The summed E-state index contributed by atoms with van der Waals surface area (Å²) in [5, 5.41) is 3.64. The molecule has 0 radical (unpaired) electrons. The Kier molecular flexibility index (Phi) is 6.16. The molecule has 1 fully saturated rings. The lowest BCUT2D eigenvalue weighted by Gasteiger charge is -2.32. The lowest BCUT2D eigenvalue weighted by Crippen LogP contribution is -2.51. The number of aromatic nitrogens is 1. The van der Waals surface area contributed by atoms with Crippen molar-refractivity contribution in [2.45, 2.75) is 44.3 Å². The summed E-state index contributed by atoms with van der Waals surface area (Å²) in [5.74, 6) is -0.657. The minimum atomic E-state index is -0.965. The first kappa shape index (κ1) is 24.4. The monoisotopic (exact) mass is 495 g/mol. The Hall–Kier alpha value is -4.25. The maximum Gasteiger partial charge on any atom is 0.302 e. The summed E-state index contributed by atoms with van der Waals surface area (Å²) in [6.07, 6.45) is 1.55. The number of amides is 3. The fourth-order valence-corrected chi connectivity index (χ4v) is 5.64. The standard InChI is InChI=1S/C29H29N5O3/c1-18(2)15-24(33(4)26(35)20-9-7-13-22-19(20)10-8-14-31-22)27(36)34-17-29(16-25(34)30-3)21-11-5-6-12-23(21)32-28(29)37/h5-14,18,24-25H,15-17H2,1-2,4H3,(H,32,37)/t24-,25-,29-/m0/s1. The minimum absolute atomic E-state index is 0.108. The van der Waals surface area contributed by atoms with Crippen molar-refractivity contribution in [3.8, 4) is 0 Å². The molecule has 3 amide bonds. The van der Waals surface area contributed by atoms with Crippen LogP contribution in [-0.4, -0.2) is 58.3 Å². The van der Waals surface area contributed by atoms with Gasteiger partial charge in [0, 0.05) is 36.4 Å². The maximum atomic E-state index is 14.1. The summed E-state index contributed by atoms with van der Waals surface area (Å²) in [4.78, 5) is 52.1. The number of benzene rings is 2. The van der Waals surface area contributed by atoms with Crippen LogP contribution in [0.25, 0.3) is 15.7 Å². The average molecular weight is 496 g/mol. The highest BCUT2D eigenvalue weighted by Crippen LogP contribution is 2.47.